The third-order valence-corrected chi connectivity index (χ3v) is 4.97. The van der Waals surface area contributed by atoms with Crippen LogP contribution in [-0.4, -0.2) is 27.9 Å². The molecule has 0 unspecified atom stereocenters. The molecule has 0 atom stereocenters. The Labute approximate surface area is 147 Å². The van der Waals surface area contributed by atoms with E-state index in [0.717, 1.165) is 29.3 Å². The van der Waals surface area contributed by atoms with Crippen LogP contribution in [0.4, 0.5) is 0 Å². The summed E-state index contributed by atoms with van der Waals surface area (Å²) in [6, 6.07) is 8.68. The number of aromatic nitrogens is 1. The second-order valence-electron chi connectivity index (χ2n) is 6.64. The molecule has 0 N–H and O–H groups in total. The highest BCUT2D eigenvalue weighted by atomic mass is 32.1. The zero-order valence-corrected chi connectivity index (χ0v) is 15.3. The fourth-order valence-electron chi connectivity index (χ4n) is 2.79. The lowest BCUT2D eigenvalue weighted by Crippen LogP contribution is -2.39. The van der Waals surface area contributed by atoms with Gasteiger partial charge in [0.2, 0.25) is 5.91 Å². The number of benzene rings is 1. The van der Waals surface area contributed by atoms with Crippen molar-refractivity contribution in [3.8, 4) is 5.75 Å². The first-order valence-electron chi connectivity index (χ1n) is 8.47. The van der Waals surface area contributed by atoms with Crippen molar-refractivity contribution in [1.82, 2.24) is 9.88 Å². The van der Waals surface area contributed by atoms with Gasteiger partial charge in [0.15, 0.2) is 0 Å². The lowest BCUT2D eigenvalue weighted by Gasteiger charge is -2.26. The van der Waals surface area contributed by atoms with Gasteiger partial charge in [-0.2, -0.15) is 0 Å². The van der Waals surface area contributed by atoms with Crippen molar-refractivity contribution in [2.75, 3.05) is 0 Å². The van der Waals surface area contributed by atoms with E-state index in [-0.39, 0.29) is 11.9 Å². The van der Waals surface area contributed by atoms with Gasteiger partial charge >= 0.3 is 0 Å². The van der Waals surface area contributed by atoms with Gasteiger partial charge < -0.3 is 9.64 Å². The first-order chi connectivity index (χ1) is 11.5. The van der Waals surface area contributed by atoms with Crippen LogP contribution in [0.3, 0.4) is 0 Å². The largest absolute Gasteiger partial charge is 0.486 e. The molecule has 1 aliphatic carbocycles. The van der Waals surface area contributed by atoms with Crippen molar-refractivity contribution in [1.29, 1.82) is 0 Å². The minimum atomic E-state index is 0.184. The maximum absolute atomic E-state index is 12.5. The number of thiazole rings is 1. The molecule has 1 fully saturated rings. The van der Waals surface area contributed by atoms with Gasteiger partial charge in [-0.15, -0.1) is 11.3 Å². The number of carbonyl (C=O) groups excluding carboxylic acids is 1. The Morgan fingerprint density at radius 1 is 1.33 bits per heavy atom. The molecule has 2 aromatic rings. The second-order valence-corrected chi connectivity index (χ2v) is 7.58. The van der Waals surface area contributed by atoms with Crippen molar-refractivity contribution in [2.45, 2.75) is 58.7 Å². The second kappa shape index (κ2) is 7.34. The SMILES string of the molecule is Cc1ccc(OCc2nc(CC(=O)N(C(C)C)C3CC3)cs2)cc1. The highest BCUT2D eigenvalue weighted by Gasteiger charge is 2.34. The number of nitrogens with zero attached hydrogens (tertiary/aromatic N) is 2. The normalized spacial score (nSPS) is 14.0. The minimum Gasteiger partial charge on any atom is -0.486 e. The third kappa shape index (κ3) is 4.35. The van der Waals surface area contributed by atoms with E-state index in [4.69, 9.17) is 4.74 Å². The van der Waals surface area contributed by atoms with Crippen LogP contribution in [-0.2, 0) is 17.8 Å². The molecule has 1 saturated carbocycles. The number of ether oxygens (including phenoxy) is 1. The number of rotatable bonds is 7. The van der Waals surface area contributed by atoms with Crippen molar-refractivity contribution in [3.63, 3.8) is 0 Å². The third-order valence-electron chi connectivity index (χ3n) is 4.10. The maximum Gasteiger partial charge on any atom is 0.229 e. The predicted octanol–water partition coefficient (Wildman–Crippen LogP) is 3.97. The molecule has 4 nitrogen and oxygen atoms in total. The summed E-state index contributed by atoms with van der Waals surface area (Å²) < 4.78 is 5.75. The van der Waals surface area contributed by atoms with E-state index < -0.39 is 0 Å². The molecule has 1 aromatic heterocycles. The maximum atomic E-state index is 12.5. The van der Waals surface area contributed by atoms with Crippen LogP contribution in [0.15, 0.2) is 29.6 Å². The van der Waals surface area contributed by atoms with Crippen molar-refractivity contribution in [2.24, 2.45) is 0 Å². The van der Waals surface area contributed by atoms with Crippen LogP contribution in [0, 0.1) is 6.92 Å². The Morgan fingerprint density at radius 3 is 2.67 bits per heavy atom. The topological polar surface area (TPSA) is 42.4 Å². The molecule has 24 heavy (non-hydrogen) atoms. The average molecular weight is 344 g/mol. The molecule has 1 heterocycles. The molecule has 0 radical (unpaired) electrons. The van der Waals surface area contributed by atoms with E-state index in [1.165, 1.54) is 5.56 Å². The van der Waals surface area contributed by atoms with Crippen LogP contribution in [0.5, 0.6) is 5.75 Å². The summed E-state index contributed by atoms with van der Waals surface area (Å²) in [5, 5.41) is 2.87. The van der Waals surface area contributed by atoms with Gasteiger partial charge in [-0.05, 0) is 45.7 Å². The summed E-state index contributed by atoms with van der Waals surface area (Å²) in [4.78, 5) is 19.1. The van der Waals surface area contributed by atoms with Crippen molar-refractivity contribution < 1.29 is 9.53 Å². The van der Waals surface area contributed by atoms with E-state index in [1.807, 2.05) is 34.5 Å². The molecule has 1 amide bonds. The summed E-state index contributed by atoms with van der Waals surface area (Å²) in [6.45, 7) is 6.66. The highest BCUT2D eigenvalue weighted by molar-refractivity contribution is 7.09. The molecule has 1 aliphatic rings. The molecule has 5 heteroatoms. The Bertz CT molecular complexity index is 688. The average Bonchev–Trinajstić information content (AvgIpc) is 3.26. The van der Waals surface area contributed by atoms with Gasteiger partial charge in [0.05, 0.1) is 12.1 Å². The zero-order valence-electron chi connectivity index (χ0n) is 14.5. The molecule has 128 valence electrons. The summed E-state index contributed by atoms with van der Waals surface area (Å²) in [6.07, 6.45) is 2.66. The molecule has 3 rings (SSSR count). The summed E-state index contributed by atoms with van der Waals surface area (Å²) in [7, 11) is 0. The standard InChI is InChI=1S/C19H24N2O2S/c1-13(2)21(16-6-7-16)19(22)10-15-12-24-18(20-15)11-23-17-8-4-14(3)5-9-17/h4-5,8-9,12-13,16H,6-7,10-11H2,1-3H3. The summed E-state index contributed by atoms with van der Waals surface area (Å²) >= 11 is 1.55. The van der Waals surface area contributed by atoms with E-state index in [2.05, 4.69) is 25.8 Å². The van der Waals surface area contributed by atoms with Gasteiger partial charge in [0, 0.05) is 17.5 Å². The summed E-state index contributed by atoms with van der Waals surface area (Å²) in [5.41, 5.74) is 2.06. The fraction of sp³-hybridized carbons (Fsp3) is 0.474. The van der Waals surface area contributed by atoms with E-state index in [1.54, 1.807) is 11.3 Å². The molecular weight excluding hydrogens is 320 g/mol. The van der Waals surface area contributed by atoms with E-state index in [9.17, 15) is 4.79 Å². The minimum absolute atomic E-state index is 0.184. The number of amides is 1. The van der Waals surface area contributed by atoms with Gasteiger partial charge in [0.25, 0.3) is 0 Å². The van der Waals surface area contributed by atoms with E-state index in [0.29, 0.717) is 19.1 Å². The smallest absolute Gasteiger partial charge is 0.229 e. The molecule has 0 bridgehead atoms. The number of aryl methyl sites for hydroxylation is 1. The first kappa shape index (κ1) is 17.0. The van der Waals surface area contributed by atoms with Crippen LogP contribution >= 0.6 is 11.3 Å². The Kier molecular flexibility index (Phi) is 5.19. The van der Waals surface area contributed by atoms with Crippen molar-refractivity contribution in [3.05, 3.63) is 45.9 Å². The first-order valence-corrected chi connectivity index (χ1v) is 9.35. The number of carbonyl (C=O) groups is 1. The van der Waals surface area contributed by atoms with E-state index >= 15 is 0 Å². The van der Waals surface area contributed by atoms with Gasteiger partial charge in [-0.3, -0.25) is 4.79 Å². The highest BCUT2D eigenvalue weighted by Crippen LogP contribution is 2.29. The molecule has 0 saturated heterocycles. The van der Waals surface area contributed by atoms with Gasteiger partial charge in [-0.1, -0.05) is 17.7 Å². The van der Waals surface area contributed by atoms with Crippen molar-refractivity contribution >= 4 is 17.2 Å². The van der Waals surface area contributed by atoms with Gasteiger partial charge in [0.1, 0.15) is 17.4 Å². The lowest BCUT2D eigenvalue weighted by molar-refractivity contribution is -0.132. The predicted molar refractivity (Wildman–Crippen MR) is 96.3 cm³/mol. The molecule has 0 spiro atoms. The number of hydrogen-bond acceptors (Lipinski definition) is 4. The van der Waals surface area contributed by atoms with Crippen LogP contribution < -0.4 is 4.74 Å². The summed E-state index contributed by atoms with van der Waals surface area (Å²) in [5.74, 6) is 1.02. The monoisotopic (exact) mass is 344 g/mol. The van der Waals surface area contributed by atoms with Gasteiger partial charge in [-0.25, -0.2) is 4.98 Å². The number of hydrogen-bond donors (Lipinski definition) is 0. The van der Waals surface area contributed by atoms with Crippen LogP contribution in [0.25, 0.3) is 0 Å². The van der Waals surface area contributed by atoms with Crippen LogP contribution in [0.2, 0.25) is 0 Å². The molecule has 0 aliphatic heterocycles. The van der Waals surface area contributed by atoms with Crippen LogP contribution in [0.1, 0.15) is 43.0 Å². The molecular formula is C19H24N2O2S. The Balaban J connectivity index is 1.55. The molecule has 1 aromatic carbocycles. The Morgan fingerprint density at radius 2 is 2.04 bits per heavy atom. The fourth-order valence-corrected chi connectivity index (χ4v) is 3.49. The Hall–Kier alpha value is -1.88. The zero-order chi connectivity index (χ0) is 17.1. The quantitative estimate of drug-likeness (QED) is 0.763. The lowest BCUT2D eigenvalue weighted by atomic mass is 10.2.